The fourth-order valence-electron chi connectivity index (χ4n) is 11.5. The first kappa shape index (κ1) is 42.5. The number of ether oxygens (including phenoxy) is 3. The van der Waals surface area contributed by atoms with Gasteiger partial charge in [0.05, 0.1) is 41.3 Å². The molecule has 60 heavy (non-hydrogen) atoms. The number of phenolic OH excluding ortho intramolecular Hbond substituents is 1. The maximum Gasteiger partial charge on any atom is 0.319 e. The van der Waals surface area contributed by atoms with Gasteiger partial charge in [0.15, 0.2) is 17.4 Å². The number of piperazine rings is 1. The Morgan fingerprint density at radius 1 is 0.967 bits per heavy atom. The summed E-state index contributed by atoms with van der Waals surface area (Å²) in [5, 5.41) is 15.3. The zero-order chi connectivity index (χ0) is 42.9. The van der Waals surface area contributed by atoms with E-state index in [1.54, 1.807) is 7.11 Å². The van der Waals surface area contributed by atoms with Gasteiger partial charge in [0.25, 0.3) is 0 Å². The number of nitrogens with zero attached hydrogens (tertiary/aromatic N) is 4. The number of nitrogens with one attached hydrogen (secondary N) is 1. The average molecular weight is 848 g/mol. The highest BCUT2D eigenvalue weighted by molar-refractivity contribution is 6.90. The highest BCUT2D eigenvalue weighted by Crippen LogP contribution is 2.48. The zero-order valence-electron chi connectivity index (χ0n) is 35.9. The molecule has 4 aliphatic heterocycles. The van der Waals surface area contributed by atoms with Crippen molar-refractivity contribution in [3.05, 3.63) is 47.3 Å². The van der Waals surface area contributed by atoms with Crippen molar-refractivity contribution in [1.82, 2.24) is 20.2 Å². The largest absolute Gasteiger partial charge is 0.508 e. The van der Waals surface area contributed by atoms with Gasteiger partial charge in [-0.25, -0.2) is 17.6 Å². The Hall–Kier alpha value is -4.16. The third-order valence-electron chi connectivity index (χ3n) is 14.1. The molecule has 0 amide bonds. The molecule has 4 aliphatic rings. The third-order valence-corrected chi connectivity index (χ3v) is 20.4. The molecular formula is C46H57F4N5O4Si. The van der Waals surface area contributed by atoms with E-state index in [1.165, 1.54) is 31.4 Å². The molecule has 4 fully saturated rings. The van der Waals surface area contributed by atoms with Gasteiger partial charge in [0, 0.05) is 50.2 Å². The molecule has 0 spiro atoms. The number of anilines is 1. The van der Waals surface area contributed by atoms with Gasteiger partial charge >= 0.3 is 6.01 Å². The predicted octanol–water partition coefficient (Wildman–Crippen LogP) is 9.06. The number of fused-ring (bicyclic) bond motifs is 5. The summed E-state index contributed by atoms with van der Waals surface area (Å²) < 4.78 is 84.3. The lowest BCUT2D eigenvalue weighted by Crippen LogP contribution is -2.61. The van der Waals surface area contributed by atoms with Gasteiger partial charge in [0.2, 0.25) is 0 Å². The molecule has 8 rings (SSSR count). The number of phenols is 1. The van der Waals surface area contributed by atoms with Crippen molar-refractivity contribution in [2.45, 2.75) is 114 Å². The van der Waals surface area contributed by atoms with Crippen molar-refractivity contribution < 1.29 is 36.9 Å². The Balaban J connectivity index is 1.37. The molecule has 4 aromatic rings. The topological polar surface area (TPSA) is 92.2 Å². The fraction of sp³-hybridized carbons (Fsp3) is 0.565. The maximum absolute atomic E-state index is 17.9. The summed E-state index contributed by atoms with van der Waals surface area (Å²) in [6.07, 6.45) is 2.68. The predicted molar refractivity (Wildman–Crippen MR) is 230 cm³/mol. The molecule has 9 nitrogen and oxygen atoms in total. The van der Waals surface area contributed by atoms with Gasteiger partial charge in [-0.1, -0.05) is 53.5 Å². The monoisotopic (exact) mass is 847 g/mol. The van der Waals surface area contributed by atoms with Crippen LogP contribution in [0.25, 0.3) is 32.8 Å². The van der Waals surface area contributed by atoms with Crippen molar-refractivity contribution >= 4 is 35.6 Å². The maximum atomic E-state index is 17.9. The van der Waals surface area contributed by atoms with Crippen LogP contribution in [0.3, 0.4) is 0 Å². The van der Waals surface area contributed by atoms with Crippen LogP contribution >= 0.6 is 0 Å². The minimum atomic E-state index is -2.39. The second-order valence-electron chi connectivity index (χ2n) is 18.6. The summed E-state index contributed by atoms with van der Waals surface area (Å²) in [5.74, 6) is 0.102. The number of hydrogen-bond acceptors (Lipinski definition) is 9. The highest BCUT2D eigenvalue weighted by atomic mass is 28.3. The normalized spacial score (nSPS) is 24.3. The van der Waals surface area contributed by atoms with Crippen LogP contribution in [0.1, 0.15) is 79.2 Å². The molecular weight excluding hydrogens is 791 g/mol. The van der Waals surface area contributed by atoms with E-state index in [0.29, 0.717) is 38.0 Å². The first-order chi connectivity index (χ1) is 28.6. The van der Waals surface area contributed by atoms with Gasteiger partial charge in [-0.2, -0.15) is 9.97 Å². The van der Waals surface area contributed by atoms with Crippen LogP contribution in [-0.2, 0) is 4.74 Å². The second kappa shape index (κ2) is 15.9. The summed E-state index contributed by atoms with van der Waals surface area (Å²) in [5.41, 5.74) is 2.42. The molecule has 4 atom stereocenters. The highest BCUT2D eigenvalue weighted by Gasteiger charge is 2.50. The summed E-state index contributed by atoms with van der Waals surface area (Å²) >= 11 is 0. The molecule has 2 unspecified atom stereocenters. The van der Waals surface area contributed by atoms with Crippen LogP contribution in [0.4, 0.5) is 23.4 Å². The second-order valence-corrected chi connectivity index (χ2v) is 24.2. The molecule has 1 aromatic heterocycles. The van der Waals surface area contributed by atoms with E-state index in [0.717, 1.165) is 32.2 Å². The van der Waals surface area contributed by atoms with E-state index in [-0.39, 0.29) is 80.0 Å². The van der Waals surface area contributed by atoms with Gasteiger partial charge in [0.1, 0.15) is 43.8 Å². The molecule has 0 aliphatic carbocycles. The Morgan fingerprint density at radius 3 is 2.42 bits per heavy atom. The third kappa shape index (κ3) is 6.97. The van der Waals surface area contributed by atoms with E-state index >= 15 is 13.2 Å². The lowest BCUT2D eigenvalue weighted by molar-refractivity contribution is 0.107. The molecule has 2 N–H and O–H groups in total. The van der Waals surface area contributed by atoms with Crippen LogP contribution < -0.4 is 19.7 Å². The summed E-state index contributed by atoms with van der Waals surface area (Å²) in [4.78, 5) is 13.6. The van der Waals surface area contributed by atoms with Crippen molar-refractivity contribution in [3.63, 3.8) is 0 Å². The SMILES string of the molecule is COCC12CCC(CN(c3nc(OC[C@@]45CCCN4C[C@H](F)C5)nc4c(F)c(-c5cc(O)cc6ccc(F)c(C#C[Si](C(C)C)(C(C)C)C(C)C)c56)c(F)c(OC)c34)C1)N2. The van der Waals surface area contributed by atoms with E-state index in [4.69, 9.17) is 19.2 Å². The molecule has 5 heterocycles. The van der Waals surface area contributed by atoms with E-state index in [2.05, 4.69) is 68.2 Å². The lowest BCUT2D eigenvalue weighted by Gasteiger charge is -2.42. The first-order valence-electron chi connectivity index (χ1n) is 21.4. The molecule has 3 aromatic carbocycles. The number of aromatic hydroxyl groups is 1. The van der Waals surface area contributed by atoms with Crippen LogP contribution in [0.5, 0.6) is 17.5 Å². The Bertz CT molecular complexity index is 2360. The Labute approximate surface area is 351 Å². The Morgan fingerprint density at radius 2 is 1.72 bits per heavy atom. The van der Waals surface area contributed by atoms with Crippen LogP contribution in [0.2, 0.25) is 16.6 Å². The number of hydrogen-bond donors (Lipinski definition) is 2. The van der Waals surface area contributed by atoms with Crippen LogP contribution in [0, 0.1) is 28.9 Å². The standard InChI is InChI=1S/C46H57F4N5O4Si/c1-26(2)60(27(3)4,28(5)6)17-13-33-35(48)11-10-29-18-32(56)19-34(36(29)33)37-39(49)41-38(42(58-8)40(37)50)43(54-22-31-12-15-45(23-54,53-31)24-57-7)52-44(51-41)59-25-46-14-9-16-55(46)21-30(47)20-46/h10-11,18-19,26-28,30-31,53,56H,9,12,14-16,20-25H2,1-8H3/t30-,31?,45?,46+/m1/s1. The fourth-order valence-corrected chi connectivity index (χ4v) is 16.7. The van der Waals surface area contributed by atoms with Gasteiger partial charge in [-0.3, -0.25) is 4.90 Å². The van der Waals surface area contributed by atoms with Crippen LogP contribution in [-0.4, -0.2) is 105 Å². The molecule has 0 saturated carbocycles. The van der Waals surface area contributed by atoms with Crippen molar-refractivity contribution in [3.8, 4) is 40.1 Å². The quantitative estimate of drug-likeness (QED) is 0.0872. The van der Waals surface area contributed by atoms with Crippen molar-refractivity contribution in [1.29, 1.82) is 0 Å². The van der Waals surface area contributed by atoms with E-state index in [1.807, 2.05) is 4.90 Å². The molecule has 322 valence electrons. The average Bonchev–Trinajstić information content (AvgIpc) is 3.82. The van der Waals surface area contributed by atoms with Crippen molar-refractivity contribution in [2.24, 2.45) is 0 Å². The minimum Gasteiger partial charge on any atom is -0.508 e. The number of aromatic nitrogens is 2. The lowest BCUT2D eigenvalue weighted by atomic mass is 9.92. The van der Waals surface area contributed by atoms with E-state index < -0.39 is 48.3 Å². The van der Waals surface area contributed by atoms with E-state index in [9.17, 15) is 9.50 Å². The van der Waals surface area contributed by atoms with Gasteiger partial charge in [-0.15, -0.1) is 5.54 Å². The molecule has 0 radical (unpaired) electrons. The smallest absolute Gasteiger partial charge is 0.319 e. The summed E-state index contributed by atoms with van der Waals surface area (Å²) in [7, 11) is 0.550. The summed E-state index contributed by atoms with van der Waals surface area (Å²) in [6, 6.07) is 5.34. The Kier molecular flexibility index (Phi) is 11.3. The molecule has 14 heteroatoms. The van der Waals surface area contributed by atoms with Crippen LogP contribution in [0.15, 0.2) is 24.3 Å². The molecule has 4 saturated heterocycles. The number of halogens is 4. The molecule has 2 bridgehead atoms. The van der Waals surface area contributed by atoms with Gasteiger partial charge in [-0.05, 0) is 72.4 Å². The van der Waals surface area contributed by atoms with Crippen molar-refractivity contribution in [2.75, 3.05) is 58.5 Å². The van der Waals surface area contributed by atoms with Gasteiger partial charge < -0.3 is 29.5 Å². The number of benzene rings is 3. The number of alkyl halides is 1. The summed E-state index contributed by atoms with van der Waals surface area (Å²) in [6.45, 7) is 15.4. The number of methoxy groups -OCH3 is 2. The minimum absolute atomic E-state index is 0.00516. The number of rotatable bonds is 11. The zero-order valence-corrected chi connectivity index (χ0v) is 36.9. The first-order valence-corrected chi connectivity index (χ1v) is 23.6.